The Labute approximate surface area is 106 Å². The number of piperidine rings is 1. The van der Waals surface area contributed by atoms with Crippen molar-refractivity contribution in [3.05, 3.63) is 0 Å². The number of aliphatic hydroxyl groups is 1. The average molecular weight is 268 g/mol. The number of rotatable bonds is 6. The summed E-state index contributed by atoms with van der Waals surface area (Å²) in [6, 6.07) is 0. The van der Waals surface area contributed by atoms with Crippen LogP contribution in [0.4, 0.5) is 13.2 Å². The molecule has 3 nitrogen and oxygen atoms in total. The molecule has 18 heavy (non-hydrogen) atoms. The van der Waals surface area contributed by atoms with Gasteiger partial charge in [-0.2, -0.15) is 13.2 Å². The van der Waals surface area contributed by atoms with E-state index in [1.807, 2.05) is 6.92 Å². The highest BCUT2D eigenvalue weighted by Crippen LogP contribution is 2.22. The van der Waals surface area contributed by atoms with Crippen LogP contribution in [0.25, 0.3) is 0 Å². The van der Waals surface area contributed by atoms with Crippen LogP contribution >= 0.6 is 0 Å². The van der Waals surface area contributed by atoms with Crippen LogP contribution in [0.3, 0.4) is 0 Å². The monoisotopic (exact) mass is 268 g/mol. The second-order valence-corrected chi connectivity index (χ2v) is 5.01. The summed E-state index contributed by atoms with van der Waals surface area (Å²) in [7, 11) is 0. The van der Waals surface area contributed by atoms with Crippen molar-refractivity contribution in [1.82, 2.24) is 10.2 Å². The van der Waals surface area contributed by atoms with Gasteiger partial charge in [-0.05, 0) is 44.8 Å². The molecule has 0 aliphatic carbocycles. The molecule has 0 spiro atoms. The molecule has 0 saturated carbocycles. The second-order valence-electron chi connectivity index (χ2n) is 5.01. The van der Waals surface area contributed by atoms with E-state index in [1.165, 1.54) is 0 Å². The summed E-state index contributed by atoms with van der Waals surface area (Å²) in [6.45, 7) is 4.77. The third-order valence-electron chi connectivity index (χ3n) is 3.32. The minimum atomic E-state index is -4.51. The van der Waals surface area contributed by atoms with Gasteiger partial charge in [0, 0.05) is 13.1 Å². The summed E-state index contributed by atoms with van der Waals surface area (Å²) < 4.78 is 37.0. The topological polar surface area (TPSA) is 35.5 Å². The molecular formula is C12H23F3N2O. The number of nitrogens with zero attached hydrogens (tertiary/aromatic N) is 1. The molecule has 0 bridgehead atoms. The van der Waals surface area contributed by atoms with Crippen LogP contribution in [-0.2, 0) is 0 Å². The van der Waals surface area contributed by atoms with Crippen molar-refractivity contribution in [2.24, 2.45) is 5.92 Å². The van der Waals surface area contributed by atoms with Gasteiger partial charge in [-0.25, -0.2) is 0 Å². The molecule has 1 heterocycles. The van der Waals surface area contributed by atoms with Crippen LogP contribution < -0.4 is 5.32 Å². The minimum Gasteiger partial charge on any atom is -0.382 e. The van der Waals surface area contributed by atoms with E-state index in [4.69, 9.17) is 5.11 Å². The van der Waals surface area contributed by atoms with E-state index in [-0.39, 0.29) is 6.54 Å². The molecule has 1 aliphatic heterocycles. The van der Waals surface area contributed by atoms with Crippen molar-refractivity contribution in [2.75, 3.05) is 32.7 Å². The van der Waals surface area contributed by atoms with Crippen molar-refractivity contribution in [3.63, 3.8) is 0 Å². The smallest absolute Gasteiger partial charge is 0.382 e. The molecule has 0 aromatic carbocycles. The molecular weight excluding hydrogens is 245 g/mol. The maximum atomic E-state index is 12.3. The van der Waals surface area contributed by atoms with Crippen LogP contribution in [-0.4, -0.2) is 55.0 Å². The zero-order valence-electron chi connectivity index (χ0n) is 10.8. The van der Waals surface area contributed by atoms with Crippen molar-refractivity contribution in [1.29, 1.82) is 0 Å². The highest BCUT2D eigenvalue weighted by Gasteiger charge is 2.39. The SMILES string of the molecule is CCCN(CC1CCNCC1)CC(O)C(F)(F)F. The maximum Gasteiger partial charge on any atom is 0.415 e. The molecule has 0 amide bonds. The Hall–Kier alpha value is -0.330. The number of nitrogens with one attached hydrogen (secondary N) is 1. The zero-order valence-corrected chi connectivity index (χ0v) is 10.8. The molecule has 2 N–H and O–H groups in total. The van der Waals surface area contributed by atoms with Crippen LogP contribution in [0, 0.1) is 5.92 Å². The fourth-order valence-corrected chi connectivity index (χ4v) is 2.35. The van der Waals surface area contributed by atoms with Gasteiger partial charge >= 0.3 is 6.18 Å². The highest BCUT2D eigenvalue weighted by atomic mass is 19.4. The van der Waals surface area contributed by atoms with Crippen LogP contribution in [0.15, 0.2) is 0 Å². The van der Waals surface area contributed by atoms with Gasteiger partial charge in [0.25, 0.3) is 0 Å². The Morgan fingerprint density at radius 3 is 2.44 bits per heavy atom. The van der Waals surface area contributed by atoms with Crippen molar-refractivity contribution < 1.29 is 18.3 Å². The summed E-state index contributed by atoms with van der Waals surface area (Å²) in [5, 5.41) is 12.4. The van der Waals surface area contributed by atoms with E-state index in [0.29, 0.717) is 19.0 Å². The number of hydrogen-bond donors (Lipinski definition) is 2. The van der Waals surface area contributed by atoms with Crippen LogP contribution in [0.2, 0.25) is 0 Å². The molecule has 6 heteroatoms. The van der Waals surface area contributed by atoms with E-state index in [1.54, 1.807) is 4.90 Å². The van der Waals surface area contributed by atoms with Crippen molar-refractivity contribution in [3.8, 4) is 0 Å². The number of hydrogen-bond acceptors (Lipinski definition) is 3. The number of alkyl halides is 3. The lowest BCUT2D eigenvalue weighted by Gasteiger charge is -2.31. The zero-order chi connectivity index (χ0) is 13.6. The third kappa shape index (κ3) is 5.54. The fourth-order valence-electron chi connectivity index (χ4n) is 2.35. The first kappa shape index (κ1) is 15.7. The molecule has 1 aliphatic rings. The molecule has 0 radical (unpaired) electrons. The maximum absolute atomic E-state index is 12.3. The predicted molar refractivity (Wildman–Crippen MR) is 64.4 cm³/mol. The normalized spacial score (nSPS) is 20.3. The standard InChI is InChI=1S/C12H23F3N2O/c1-2-7-17(9-11(18)12(13,14)15)8-10-3-5-16-6-4-10/h10-11,16,18H,2-9H2,1H3. The molecule has 1 rings (SSSR count). The summed E-state index contributed by atoms with van der Waals surface area (Å²) in [4.78, 5) is 1.74. The molecule has 1 atom stereocenters. The molecule has 1 fully saturated rings. The van der Waals surface area contributed by atoms with Gasteiger partial charge in [0.15, 0.2) is 6.10 Å². The van der Waals surface area contributed by atoms with E-state index in [2.05, 4.69) is 5.32 Å². The van der Waals surface area contributed by atoms with Gasteiger partial charge in [0.1, 0.15) is 0 Å². The third-order valence-corrected chi connectivity index (χ3v) is 3.32. The van der Waals surface area contributed by atoms with E-state index < -0.39 is 12.3 Å². The van der Waals surface area contributed by atoms with Gasteiger partial charge < -0.3 is 15.3 Å². The number of halogens is 3. The lowest BCUT2D eigenvalue weighted by atomic mass is 9.97. The Balaban J connectivity index is 2.43. The first-order valence-electron chi connectivity index (χ1n) is 6.61. The summed E-state index contributed by atoms with van der Waals surface area (Å²) in [5.74, 6) is 0.443. The Morgan fingerprint density at radius 1 is 1.33 bits per heavy atom. The fraction of sp³-hybridized carbons (Fsp3) is 1.00. The summed E-state index contributed by atoms with van der Waals surface area (Å²) in [6.07, 6.45) is -3.94. The van der Waals surface area contributed by atoms with E-state index in [9.17, 15) is 13.2 Å². The molecule has 108 valence electrons. The number of aliphatic hydroxyl groups excluding tert-OH is 1. The molecule has 0 aromatic heterocycles. The van der Waals surface area contributed by atoms with Gasteiger partial charge in [0.05, 0.1) is 0 Å². The summed E-state index contributed by atoms with van der Waals surface area (Å²) >= 11 is 0. The van der Waals surface area contributed by atoms with Crippen molar-refractivity contribution in [2.45, 2.75) is 38.5 Å². The lowest BCUT2D eigenvalue weighted by Crippen LogP contribution is -2.44. The largest absolute Gasteiger partial charge is 0.415 e. The van der Waals surface area contributed by atoms with E-state index in [0.717, 1.165) is 32.4 Å². The minimum absolute atomic E-state index is 0.304. The molecule has 1 saturated heterocycles. The van der Waals surface area contributed by atoms with Crippen molar-refractivity contribution >= 4 is 0 Å². The van der Waals surface area contributed by atoms with Gasteiger partial charge in [0.2, 0.25) is 0 Å². The average Bonchev–Trinajstić information content (AvgIpc) is 2.29. The van der Waals surface area contributed by atoms with Crippen LogP contribution in [0.5, 0.6) is 0 Å². The predicted octanol–water partition coefficient (Wildman–Crippen LogP) is 1.62. The Bertz CT molecular complexity index is 230. The molecule has 1 unspecified atom stereocenters. The van der Waals surface area contributed by atoms with Gasteiger partial charge in [-0.1, -0.05) is 6.92 Å². The van der Waals surface area contributed by atoms with Crippen LogP contribution in [0.1, 0.15) is 26.2 Å². The highest BCUT2D eigenvalue weighted by molar-refractivity contribution is 4.76. The first-order chi connectivity index (χ1) is 8.43. The summed E-state index contributed by atoms with van der Waals surface area (Å²) in [5.41, 5.74) is 0. The van der Waals surface area contributed by atoms with Gasteiger partial charge in [-0.3, -0.25) is 0 Å². The molecule has 0 aromatic rings. The first-order valence-corrected chi connectivity index (χ1v) is 6.61. The lowest BCUT2D eigenvalue weighted by molar-refractivity contribution is -0.208. The van der Waals surface area contributed by atoms with E-state index >= 15 is 0 Å². The Kier molecular flexibility index (Phi) is 6.38. The quantitative estimate of drug-likeness (QED) is 0.768. The van der Waals surface area contributed by atoms with Gasteiger partial charge in [-0.15, -0.1) is 0 Å². The second kappa shape index (κ2) is 7.31. The Morgan fingerprint density at radius 2 is 1.94 bits per heavy atom.